The molecule has 1 aliphatic heterocycles. The molecule has 1 aromatic carbocycles. The van der Waals surface area contributed by atoms with Crippen molar-refractivity contribution in [3.63, 3.8) is 0 Å². The number of ether oxygens (including phenoxy) is 1. The van der Waals surface area contributed by atoms with E-state index < -0.39 is 4.92 Å². The van der Waals surface area contributed by atoms with Gasteiger partial charge in [0.05, 0.1) is 17.7 Å². The largest absolute Gasteiger partial charge is 0.497 e. The lowest BCUT2D eigenvalue weighted by molar-refractivity contribution is -0.385. The molecular formula is C18H21FN4O3. The maximum Gasteiger partial charge on any atom is 0.287 e. The third-order valence-corrected chi connectivity index (χ3v) is 4.81. The van der Waals surface area contributed by atoms with Gasteiger partial charge in [-0.25, -0.2) is 9.37 Å². The summed E-state index contributed by atoms with van der Waals surface area (Å²) in [6.07, 6.45) is 2.95. The number of methoxy groups -OCH3 is 1. The van der Waals surface area contributed by atoms with Crippen LogP contribution >= 0.6 is 0 Å². The lowest BCUT2D eigenvalue weighted by Crippen LogP contribution is -2.44. The second kappa shape index (κ2) is 7.55. The fourth-order valence-electron chi connectivity index (χ4n) is 3.24. The maximum absolute atomic E-state index is 14.1. The Hall–Kier alpha value is -2.90. The molecule has 0 N–H and O–H groups in total. The quantitative estimate of drug-likeness (QED) is 0.602. The molecule has 2 heterocycles. The molecule has 1 saturated heterocycles. The van der Waals surface area contributed by atoms with Crippen LogP contribution in [0.2, 0.25) is 0 Å². The zero-order chi connectivity index (χ0) is 18.7. The number of nitro groups is 1. The van der Waals surface area contributed by atoms with Gasteiger partial charge < -0.3 is 14.5 Å². The van der Waals surface area contributed by atoms with Crippen molar-refractivity contribution >= 4 is 17.2 Å². The van der Waals surface area contributed by atoms with Crippen LogP contribution in [0.4, 0.5) is 21.6 Å². The van der Waals surface area contributed by atoms with Gasteiger partial charge in [-0.2, -0.15) is 0 Å². The molecule has 1 aliphatic rings. The summed E-state index contributed by atoms with van der Waals surface area (Å²) in [6.45, 7) is 1.43. The van der Waals surface area contributed by atoms with Gasteiger partial charge in [0.1, 0.15) is 23.6 Å². The number of piperidine rings is 1. The first kappa shape index (κ1) is 17.9. The number of anilines is 2. The van der Waals surface area contributed by atoms with Crippen molar-refractivity contribution in [1.29, 1.82) is 0 Å². The number of halogens is 1. The molecule has 138 valence electrons. The molecule has 0 spiro atoms. The van der Waals surface area contributed by atoms with Crippen molar-refractivity contribution in [2.24, 2.45) is 0 Å². The molecule has 1 aromatic heterocycles. The van der Waals surface area contributed by atoms with E-state index in [0.29, 0.717) is 30.3 Å². The lowest BCUT2D eigenvalue weighted by atomic mass is 10.0. The van der Waals surface area contributed by atoms with Crippen LogP contribution in [0.5, 0.6) is 5.75 Å². The fourth-order valence-corrected chi connectivity index (χ4v) is 3.24. The Labute approximate surface area is 151 Å². The molecule has 3 rings (SSSR count). The number of pyridine rings is 1. The van der Waals surface area contributed by atoms with Gasteiger partial charge in [-0.3, -0.25) is 10.1 Å². The zero-order valence-electron chi connectivity index (χ0n) is 14.8. The van der Waals surface area contributed by atoms with E-state index in [2.05, 4.69) is 4.98 Å². The number of benzene rings is 1. The summed E-state index contributed by atoms with van der Waals surface area (Å²) < 4.78 is 19.3. The Morgan fingerprint density at radius 1 is 1.31 bits per heavy atom. The summed E-state index contributed by atoms with van der Waals surface area (Å²) in [4.78, 5) is 18.5. The Balaban J connectivity index is 1.65. The number of hydrogen-bond donors (Lipinski definition) is 0. The van der Waals surface area contributed by atoms with E-state index in [1.54, 1.807) is 25.3 Å². The van der Waals surface area contributed by atoms with Gasteiger partial charge >= 0.3 is 0 Å². The summed E-state index contributed by atoms with van der Waals surface area (Å²) in [6, 6.07) is 8.12. The summed E-state index contributed by atoms with van der Waals surface area (Å²) in [5.74, 6) is 1.08. The van der Waals surface area contributed by atoms with Crippen LogP contribution in [0.3, 0.4) is 0 Å². The molecule has 0 aliphatic carbocycles. The fraction of sp³-hybridized carbons (Fsp3) is 0.389. The van der Waals surface area contributed by atoms with Crippen LogP contribution in [0.1, 0.15) is 12.8 Å². The lowest BCUT2D eigenvalue weighted by Gasteiger charge is -2.38. The molecule has 8 heteroatoms. The van der Waals surface area contributed by atoms with Crippen LogP contribution in [0, 0.1) is 15.9 Å². The molecule has 26 heavy (non-hydrogen) atoms. The van der Waals surface area contributed by atoms with Crippen molar-refractivity contribution in [3.05, 3.63) is 52.5 Å². The maximum atomic E-state index is 14.1. The Morgan fingerprint density at radius 3 is 2.62 bits per heavy atom. The van der Waals surface area contributed by atoms with Crippen LogP contribution in [-0.4, -0.2) is 43.2 Å². The first-order valence-corrected chi connectivity index (χ1v) is 8.41. The van der Waals surface area contributed by atoms with Crippen molar-refractivity contribution in [2.75, 3.05) is 37.0 Å². The first-order chi connectivity index (χ1) is 12.5. The van der Waals surface area contributed by atoms with Crippen molar-refractivity contribution < 1.29 is 14.1 Å². The van der Waals surface area contributed by atoms with Crippen molar-refractivity contribution in [3.8, 4) is 5.75 Å². The molecule has 0 atom stereocenters. The molecule has 0 radical (unpaired) electrons. The highest BCUT2D eigenvalue weighted by Gasteiger charge is 2.25. The van der Waals surface area contributed by atoms with Crippen LogP contribution < -0.4 is 14.5 Å². The van der Waals surface area contributed by atoms with E-state index in [1.165, 1.54) is 18.3 Å². The summed E-state index contributed by atoms with van der Waals surface area (Å²) in [5, 5.41) is 10.7. The van der Waals surface area contributed by atoms with E-state index in [9.17, 15) is 14.5 Å². The molecule has 0 bridgehead atoms. The van der Waals surface area contributed by atoms with Gasteiger partial charge in [0.25, 0.3) is 5.69 Å². The molecular weight excluding hydrogens is 339 g/mol. The molecule has 7 nitrogen and oxygen atoms in total. The molecule has 0 amide bonds. The normalized spacial score (nSPS) is 15.0. The minimum atomic E-state index is -0.460. The number of rotatable bonds is 5. The number of aromatic nitrogens is 1. The Morgan fingerprint density at radius 2 is 2.04 bits per heavy atom. The predicted molar refractivity (Wildman–Crippen MR) is 97.5 cm³/mol. The highest BCUT2D eigenvalue weighted by atomic mass is 19.1. The second-order valence-corrected chi connectivity index (χ2v) is 6.28. The zero-order valence-corrected chi connectivity index (χ0v) is 14.8. The van der Waals surface area contributed by atoms with Gasteiger partial charge in [0, 0.05) is 38.3 Å². The van der Waals surface area contributed by atoms with E-state index in [0.717, 1.165) is 12.8 Å². The van der Waals surface area contributed by atoms with Crippen molar-refractivity contribution in [2.45, 2.75) is 18.9 Å². The Kier molecular flexibility index (Phi) is 5.20. The number of hydrogen-bond acceptors (Lipinski definition) is 6. The van der Waals surface area contributed by atoms with Gasteiger partial charge in [-0.15, -0.1) is 0 Å². The molecule has 2 aromatic rings. The van der Waals surface area contributed by atoms with E-state index in [1.807, 2.05) is 16.8 Å². The third kappa shape index (κ3) is 3.68. The topological polar surface area (TPSA) is 71.7 Å². The van der Waals surface area contributed by atoms with Gasteiger partial charge in [0.2, 0.25) is 0 Å². The average molecular weight is 360 g/mol. The first-order valence-electron chi connectivity index (χ1n) is 8.41. The second-order valence-electron chi connectivity index (χ2n) is 6.28. The molecule has 0 unspecified atom stereocenters. The minimum absolute atomic E-state index is 0.0227. The standard InChI is InChI=1S/C18H21FN4O3/c1-21(18-6-3-14(12-20-18)23(24)25)13-7-9-22(10-8-13)17-11-15(26-2)4-5-16(17)19/h3-6,11-13H,7-10H2,1-2H3. The van der Waals surface area contributed by atoms with Gasteiger partial charge in [-0.1, -0.05) is 0 Å². The van der Waals surface area contributed by atoms with Gasteiger partial charge in [0.15, 0.2) is 0 Å². The highest BCUT2D eigenvalue weighted by Crippen LogP contribution is 2.29. The summed E-state index contributed by atoms with van der Waals surface area (Å²) in [5.41, 5.74) is 0.532. The van der Waals surface area contributed by atoms with E-state index in [4.69, 9.17) is 4.74 Å². The molecule has 1 fully saturated rings. The highest BCUT2D eigenvalue weighted by molar-refractivity contribution is 5.53. The summed E-state index contributed by atoms with van der Waals surface area (Å²) in [7, 11) is 3.50. The van der Waals surface area contributed by atoms with Crippen LogP contribution in [-0.2, 0) is 0 Å². The monoisotopic (exact) mass is 360 g/mol. The predicted octanol–water partition coefficient (Wildman–Crippen LogP) is 3.24. The molecule has 0 saturated carbocycles. The Bertz CT molecular complexity index is 777. The minimum Gasteiger partial charge on any atom is -0.497 e. The van der Waals surface area contributed by atoms with Crippen LogP contribution in [0.15, 0.2) is 36.5 Å². The average Bonchev–Trinajstić information content (AvgIpc) is 2.68. The van der Waals surface area contributed by atoms with Crippen molar-refractivity contribution in [1.82, 2.24) is 4.98 Å². The smallest absolute Gasteiger partial charge is 0.287 e. The van der Waals surface area contributed by atoms with Crippen LogP contribution in [0.25, 0.3) is 0 Å². The number of nitrogens with zero attached hydrogens (tertiary/aromatic N) is 4. The summed E-state index contributed by atoms with van der Waals surface area (Å²) >= 11 is 0. The van der Waals surface area contributed by atoms with E-state index >= 15 is 0 Å². The van der Waals surface area contributed by atoms with E-state index in [-0.39, 0.29) is 17.5 Å². The third-order valence-electron chi connectivity index (χ3n) is 4.81. The SMILES string of the molecule is COc1ccc(F)c(N2CCC(N(C)c3ccc([N+](=O)[O-])cn3)CC2)c1. The van der Waals surface area contributed by atoms with Gasteiger partial charge in [-0.05, 0) is 31.0 Å².